The molecule has 5 rings (SSSR count). The van der Waals surface area contributed by atoms with Gasteiger partial charge in [0, 0.05) is 19.0 Å². The van der Waals surface area contributed by atoms with Crippen LogP contribution in [0, 0.1) is 11.7 Å². The number of amidine groups is 1. The van der Waals surface area contributed by atoms with Crippen LogP contribution in [0.1, 0.15) is 29.2 Å². The summed E-state index contributed by atoms with van der Waals surface area (Å²) in [6.07, 6.45) is 2.28. The third-order valence-electron chi connectivity index (χ3n) is 6.00. The number of hydrogen-bond acceptors (Lipinski definition) is 4. The summed E-state index contributed by atoms with van der Waals surface area (Å²) in [5, 5.41) is 3.42. The first kappa shape index (κ1) is 16.8. The first-order chi connectivity index (χ1) is 13.3. The maximum Gasteiger partial charge on any atom is 0.288 e. The van der Waals surface area contributed by atoms with Gasteiger partial charge in [-0.3, -0.25) is 0 Å². The molecule has 0 bridgehead atoms. The van der Waals surface area contributed by atoms with Crippen molar-refractivity contribution in [3.8, 4) is 0 Å². The van der Waals surface area contributed by atoms with Crippen molar-refractivity contribution in [3.05, 3.63) is 71.0 Å². The number of benzene rings is 2. The highest BCUT2D eigenvalue weighted by Crippen LogP contribution is 2.37. The molecule has 0 unspecified atom stereocenters. The minimum atomic E-state index is -0.211. The Balaban J connectivity index is 1.47. The Morgan fingerprint density at radius 2 is 1.96 bits per heavy atom. The molecule has 2 aromatic carbocycles. The van der Waals surface area contributed by atoms with E-state index in [1.54, 1.807) is 0 Å². The molecule has 0 aliphatic carbocycles. The van der Waals surface area contributed by atoms with E-state index in [0.717, 1.165) is 50.6 Å². The summed E-state index contributed by atoms with van der Waals surface area (Å²) in [5.74, 6) is 0.324. The molecule has 1 fully saturated rings. The molecule has 4 nitrogen and oxygen atoms in total. The van der Waals surface area contributed by atoms with Crippen molar-refractivity contribution in [1.29, 1.82) is 0 Å². The van der Waals surface area contributed by atoms with Crippen LogP contribution in [0.25, 0.3) is 0 Å². The Bertz CT molecular complexity index is 845. The van der Waals surface area contributed by atoms with Crippen LogP contribution in [-0.2, 0) is 11.2 Å². The van der Waals surface area contributed by atoms with Crippen LogP contribution in [0.2, 0.25) is 0 Å². The molecule has 1 saturated heterocycles. The zero-order chi connectivity index (χ0) is 18.2. The summed E-state index contributed by atoms with van der Waals surface area (Å²) in [4.78, 5) is 7.03. The number of aliphatic imine (C=N–C) groups is 1. The third kappa shape index (κ3) is 3.10. The Kier molecular flexibility index (Phi) is 4.32. The summed E-state index contributed by atoms with van der Waals surface area (Å²) >= 11 is 0. The number of ether oxygens (including phenoxy) is 1. The minimum Gasteiger partial charge on any atom is -0.460 e. The number of hydrogen-bond donors (Lipinski definition) is 1. The molecule has 0 radical (unpaired) electrons. The van der Waals surface area contributed by atoms with E-state index in [2.05, 4.69) is 34.5 Å². The lowest BCUT2D eigenvalue weighted by atomic mass is 9.88. The fourth-order valence-electron chi connectivity index (χ4n) is 4.55. The van der Waals surface area contributed by atoms with Crippen LogP contribution >= 0.6 is 0 Å². The third-order valence-corrected chi connectivity index (χ3v) is 6.00. The van der Waals surface area contributed by atoms with Gasteiger partial charge in [0.2, 0.25) is 0 Å². The minimum absolute atomic E-state index is 0.00903. The Morgan fingerprint density at radius 3 is 2.78 bits per heavy atom. The number of fused-ring (bicyclic) bond motifs is 1. The largest absolute Gasteiger partial charge is 0.460 e. The van der Waals surface area contributed by atoms with Gasteiger partial charge in [0.25, 0.3) is 6.02 Å². The summed E-state index contributed by atoms with van der Waals surface area (Å²) in [6, 6.07) is 16.1. The average Bonchev–Trinajstić information content (AvgIpc) is 3.39. The zero-order valence-electron chi connectivity index (χ0n) is 15.3. The van der Waals surface area contributed by atoms with E-state index in [1.165, 1.54) is 23.3 Å². The molecule has 5 heteroatoms. The zero-order valence-corrected chi connectivity index (χ0v) is 15.3. The molecule has 3 aliphatic rings. The van der Waals surface area contributed by atoms with Gasteiger partial charge < -0.3 is 15.0 Å². The van der Waals surface area contributed by atoms with Crippen LogP contribution < -0.4 is 5.32 Å². The fraction of sp³-hybridized carbons (Fsp3) is 0.409. The molecule has 0 aromatic heterocycles. The lowest BCUT2D eigenvalue weighted by molar-refractivity contribution is 0.126. The van der Waals surface area contributed by atoms with Crippen molar-refractivity contribution in [2.45, 2.75) is 25.0 Å². The van der Waals surface area contributed by atoms with Gasteiger partial charge in [0.1, 0.15) is 11.9 Å². The summed E-state index contributed by atoms with van der Waals surface area (Å²) < 4.78 is 19.8. The van der Waals surface area contributed by atoms with Crippen LogP contribution in [0.5, 0.6) is 0 Å². The van der Waals surface area contributed by atoms with E-state index in [-0.39, 0.29) is 18.0 Å². The van der Waals surface area contributed by atoms with Gasteiger partial charge in [0.15, 0.2) is 0 Å². The SMILES string of the molecule is Fc1ccc([C@H]2c3ccccc3CCN2C2=NC[C@H]([C@H]3CCNC3)O2)cc1. The molecule has 1 N–H and O–H groups in total. The molecule has 3 heterocycles. The molecule has 27 heavy (non-hydrogen) atoms. The van der Waals surface area contributed by atoms with E-state index >= 15 is 0 Å². The first-order valence-corrected chi connectivity index (χ1v) is 9.81. The maximum absolute atomic E-state index is 13.5. The second-order valence-electron chi connectivity index (χ2n) is 7.63. The van der Waals surface area contributed by atoms with Crippen LogP contribution in [0.4, 0.5) is 4.39 Å². The van der Waals surface area contributed by atoms with Crippen molar-refractivity contribution in [3.63, 3.8) is 0 Å². The highest BCUT2D eigenvalue weighted by atomic mass is 19.1. The van der Waals surface area contributed by atoms with Gasteiger partial charge >= 0.3 is 0 Å². The molecule has 140 valence electrons. The highest BCUT2D eigenvalue weighted by molar-refractivity contribution is 5.77. The lowest BCUT2D eigenvalue weighted by Gasteiger charge is -2.38. The van der Waals surface area contributed by atoms with Crippen molar-refractivity contribution in [1.82, 2.24) is 10.2 Å². The van der Waals surface area contributed by atoms with E-state index < -0.39 is 0 Å². The summed E-state index contributed by atoms with van der Waals surface area (Å²) in [6.45, 7) is 3.66. The first-order valence-electron chi connectivity index (χ1n) is 9.81. The molecule has 2 aromatic rings. The van der Waals surface area contributed by atoms with Gasteiger partial charge in [-0.25, -0.2) is 9.38 Å². The van der Waals surface area contributed by atoms with E-state index in [0.29, 0.717) is 5.92 Å². The lowest BCUT2D eigenvalue weighted by Crippen LogP contribution is -2.42. The van der Waals surface area contributed by atoms with Gasteiger partial charge in [-0.05, 0) is 48.2 Å². The predicted molar refractivity (Wildman–Crippen MR) is 103 cm³/mol. The van der Waals surface area contributed by atoms with Gasteiger partial charge in [-0.15, -0.1) is 0 Å². The highest BCUT2D eigenvalue weighted by Gasteiger charge is 2.37. The summed E-state index contributed by atoms with van der Waals surface area (Å²) in [7, 11) is 0. The molecule has 3 atom stereocenters. The molecular formula is C22H24FN3O. The smallest absolute Gasteiger partial charge is 0.288 e. The van der Waals surface area contributed by atoms with Crippen molar-refractivity contribution >= 4 is 6.02 Å². The fourth-order valence-corrected chi connectivity index (χ4v) is 4.55. The van der Waals surface area contributed by atoms with Crippen LogP contribution in [0.15, 0.2) is 53.5 Å². The molecule has 0 spiro atoms. The standard InChI is InChI=1S/C22H24FN3O/c23-18-7-5-16(6-8-18)21-19-4-2-1-3-15(19)10-12-26(21)22-25-14-20(27-22)17-9-11-24-13-17/h1-8,17,20-21,24H,9-14H2/t17-,20+,21-/m0/s1. The van der Waals surface area contributed by atoms with Crippen molar-refractivity contribution < 1.29 is 9.13 Å². The molecule has 3 aliphatic heterocycles. The van der Waals surface area contributed by atoms with Gasteiger partial charge in [-0.1, -0.05) is 36.4 Å². The molecule has 0 saturated carbocycles. The molecule has 0 amide bonds. The Labute approximate surface area is 159 Å². The van der Waals surface area contributed by atoms with Crippen molar-refractivity contribution in [2.24, 2.45) is 10.9 Å². The Morgan fingerprint density at radius 1 is 1.11 bits per heavy atom. The van der Waals surface area contributed by atoms with Crippen LogP contribution in [0.3, 0.4) is 0 Å². The van der Waals surface area contributed by atoms with E-state index in [9.17, 15) is 4.39 Å². The number of nitrogens with zero attached hydrogens (tertiary/aromatic N) is 2. The van der Waals surface area contributed by atoms with Gasteiger partial charge in [0.05, 0.1) is 12.6 Å². The maximum atomic E-state index is 13.5. The van der Waals surface area contributed by atoms with Gasteiger partial charge in [-0.2, -0.15) is 0 Å². The van der Waals surface area contributed by atoms with Crippen LogP contribution in [-0.4, -0.2) is 43.2 Å². The quantitative estimate of drug-likeness (QED) is 0.888. The second kappa shape index (κ2) is 6.97. The Hall–Kier alpha value is -2.40. The second-order valence-corrected chi connectivity index (χ2v) is 7.63. The number of rotatable bonds is 2. The topological polar surface area (TPSA) is 36.9 Å². The summed E-state index contributed by atoms with van der Waals surface area (Å²) in [5.41, 5.74) is 3.67. The predicted octanol–water partition coefficient (Wildman–Crippen LogP) is 3.14. The van der Waals surface area contributed by atoms with Crippen molar-refractivity contribution in [2.75, 3.05) is 26.2 Å². The number of nitrogens with one attached hydrogen (secondary N) is 1. The normalized spacial score (nSPS) is 27.2. The average molecular weight is 365 g/mol. The number of halogens is 1. The molecular weight excluding hydrogens is 341 g/mol. The van der Waals surface area contributed by atoms with E-state index in [4.69, 9.17) is 9.73 Å². The monoisotopic (exact) mass is 365 g/mol. The van der Waals surface area contributed by atoms with E-state index in [1.807, 2.05) is 12.1 Å².